The van der Waals surface area contributed by atoms with Crippen LogP contribution in [-0.4, -0.2) is 50.2 Å². The van der Waals surface area contributed by atoms with Crippen LogP contribution < -0.4 is 5.73 Å². The van der Waals surface area contributed by atoms with Crippen molar-refractivity contribution in [3.63, 3.8) is 0 Å². The lowest BCUT2D eigenvalue weighted by atomic mass is 10.0. The molecule has 0 aromatic carbocycles. The average Bonchev–Trinajstić information content (AvgIpc) is 2.57. The van der Waals surface area contributed by atoms with Crippen molar-refractivity contribution >= 4 is 18.2 Å². The molecule has 0 spiro atoms. The third-order valence-corrected chi connectivity index (χ3v) is 3.03. The molecule has 1 aliphatic heterocycles. The molecule has 0 aliphatic carbocycles. The van der Waals surface area contributed by atoms with Gasteiger partial charge in [0.05, 0.1) is 6.61 Å². The lowest BCUT2D eigenvalue weighted by Crippen LogP contribution is -2.32. The molecule has 17 heavy (non-hydrogen) atoms. The summed E-state index contributed by atoms with van der Waals surface area (Å²) >= 11 is 5.03. The van der Waals surface area contributed by atoms with Gasteiger partial charge < -0.3 is 30.8 Å². The van der Waals surface area contributed by atoms with Gasteiger partial charge in [-0.1, -0.05) is 12.2 Å². The molecule has 6 N–H and O–H groups in total. The molecule has 1 aromatic rings. The summed E-state index contributed by atoms with van der Waals surface area (Å²) in [5, 5.41) is 28.4. The van der Waals surface area contributed by atoms with Gasteiger partial charge in [0.2, 0.25) is 0 Å². The maximum absolute atomic E-state index is 9.80. The van der Waals surface area contributed by atoms with E-state index in [9.17, 15) is 10.2 Å². The van der Waals surface area contributed by atoms with Gasteiger partial charge in [-0.3, -0.25) is 0 Å². The topological polar surface area (TPSA) is 125 Å². The van der Waals surface area contributed by atoms with E-state index in [2.05, 4.69) is 9.97 Å². The highest BCUT2D eigenvalue weighted by Crippen LogP contribution is 2.33. The summed E-state index contributed by atoms with van der Waals surface area (Å²) in [5.41, 5.74) is 5.84. The second-order valence-corrected chi connectivity index (χ2v) is 4.22. The minimum Gasteiger partial charge on any atom is -0.394 e. The molecule has 4 atom stereocenters. The van der Waals surface area contributed by atoms with Gasteiger partial charge in [0.1, 0.15) is 29.1 Å². The first-order valence-electron chi connectivity index (χ1n) is 5.01. The van der Waals surface area contributed by atoms with Crippen LogP contribution in [0.5, 0.6) is 0 Å². The van der Waals surface area contributed by atoms with Crippen LogP contribution in [0.2, 0.25) is 0 Å². The van der Waals surface area contributed by atoms with E-state index in [0.29, 0.717) is 5.56 Å². The Labute approximate surface area is 102 Å². The fourth-order valence-corrected chi connectivity index (χ4v) is 2.05. The average molecular weight is 259 g/mol. The van der Waals surface area contributed by atoms with Crippen molar-refractivity contribution in [1.82, 2.24) is 9.97 Å². The highest BCUT2D eigenvalue weighted by Gasteiger charge is 2.43. The Hall–Kier alpha value is -1.06. The van der Waals surface area contributed by atoms with Crippen molar-refractivity contribution in [2.24, 2.45) is 0 Å². The minimum absolute atomic E-state index is 0.158. The number of hydrogen-bond acceptors (Lipinski definition) is 7. The van der Waals surface area contributed by atoms with E-state index in [1.54, 1.807) is 0 Å². The van der Waals surface area contributed by atoms with Crippen LogP contribution in [0.15, 0.2) is 6.20 Å². The first-order valence-corrected chi connectivity index (χ1v) is 5.42. The third kappa shape index (κ3) is 2.17. The predicted octanol–water partition coefficient (Wildman–Crippen LogP) is -1.12. The van der Waals surface area contributed by atoms with Crippen molar-refractivity contribution in [3.05, 3.63) is 16.4 Å². The molecule has 2 heterocycles. The number of H-pyrrole nitrogens is 1. The van der Waals surface area contributed by atoms with Crippen LogP contribution in [0, 0.1) is 4.64 Å². The van der Waals surface area contributed by atoms with E-state index in [0.717, 1.165) is 0 Å². The first-order chi connectivity index (χ1) is 8.04. The molecule has 1 saturated heterocycles. The number of nitrogen functional groups attached to an aromatic ring is 1. The molecule has 0 bridgehead atoms. The van der Waals surface area contributed by atoms with Crippen molar-refractivity contribution in [3.8, 4) is 0 Å². The first kappa shape index (κ1) is 12.4. The Morgan fingerprint density at radius 1 is 1.47 bits per heavy atom. The van der Waals surface area contributed by atoms with Crippen molar-refractivity contribution in [2.45, 2.75) is 24.4 Å². The van der Waals surface area contributed by atoms with Gasteiger partial charge >= 0.3 is 0 Å². The summed E-state index contributed by atoms with van der Waals surface area (Å²) in [4.78, 5) is 6.45. The number of anilines is 1. The number of nitrogens with one attached hydrogen (secondary N) is 1. The molecular weight excluding hydrogens is 246 g/mol. The number of aliphatic hydroxyl groups is 3. The normalized spacial score (nSPS) is 32.9. The quantitative estimate of drug-likeness (QED) is 0.426. The van der Waals surface area contributed by atoms with E-state index in [4.69, 9.17) is 27.8 Å². The van der Waals surface area contributed by atoms with Gasteiger partial charge in [0, 0.05) is 11.8 Å². The summed E-state index contributed by atoms with van der Waals surface area (Å²) in [5.74, 6) is 0.158. The smallest absolute Gasteiger partial charge is 0.198 e. The highest BCUT2D eigenvalue weighted by atomic mass is 32.1. The largest absolute Gasteiger partial charge is 0.394 e. The number of hydrogen-bond donors (Lipinski definition) is 5. The van der Waals surface area contributed by atoms with Gasteiger partial charge in [-0.2, -0.15) is 0 Å². The third-order valence-electron chi connectivity index (χ3n) is 2.70. The van der Waals surface area contributed by atoms with Crippen LogP contribution in [0.1, 0.15) is 11.7 Å². The molecule has 1 aliphatic rings. The van der Waals surface area contributed by atoms with Gasteiger partial charge in [0.15, 0.2) is 5.95 Å². The lowest BCUT2D eigenvalue weighted by Gasteiger charge is -2.14. The second-order valence-electron chi connectivity index (χ2n) is 3.81. The number of nitrogens with two attached hydrogens (primary N) is 1. The molecule has 94 valence electrons. The molecule has 1 aromatic heterocycles. The molecule has 0 saturated carbocycles. The van der Waals surface area contributed by atoms with Crippen LogP contribution in [-0.2, 0) is 4.74 Å². The fourth-order valence-electron chi connectivity index (χ4n) is 1.78. The van der Waals surface area contributed by atoms with E-state index >= 15 is 0 Å². The predicted molar refractivity (Wildman–Crippen MR) is 60.5 cm³/mol. The SMILES string of the molecule is Nc1ncc([C@@H]2O[C@H](CO)[C@@H](O)[C@H]2O)c(=S)[nH]1. The monoisotopic (exact) mass is 259 g/mol. The number of aromatic nitrogens is 2. The van der Waals surface area contributed by atoms with Gasteiger partial charge in [-0.15, -0.1) is 0 Å². The lowest BCUT2D eigenvalue weighted by molar-refractivity contribution is -0.0230. The molecule has 7 nitrogen and oxygen atoms in total. The van der Waals surface area contributed by atoms with Gasteiger partial charge in [-0.05, 0) is 0 Å². The number of aliphatic hydroxyl groups excluding tert-OH is 3. The number of nitrogens with zero attached hydrogens (tertiary/aromatic N) is 1. The molecule has 2 rings (SSSR count). The second kappa shape index (κ2) is 4.67. The maximum Gasteiger partial charge on any atom is 0.198 e. The van der Waals surface area contributed by atoms with E-state index < -0.39 is 24.4 Å². The Morgan fingerprint density at radius 2 is 2.18 bits per heavy atom. The standard InChI is InChI=1S/C9H13N3O4S/c10-9-11-1-3(8(17)12-9)7-6(15)5(14)4(2-13)16-7/h1,4-7,13-15H,2H2,(H3,10,11,12,17)/t4-,5-,6-,7+/m1/s1. The van der Waals surface area contributed by atoms with E-state index in [-0.39, 0.29) is 17.2 Å². The van der Waals surface area contributed by atoms with E-state index in [1.165, 1.54) is 6.20 Å². The number of rotatable bonds is 2. The Balaban J connectivity index is 2.32. The molecular formula is C9H13N3O4S. The zero-order valence-corrected chi connectivity index (χ0v) is 9.59. The van der Waals surface area contributed by atoms with Gasteiger partial charge in [-0.25, -0.2) is 4.98 Å². The van der Waals surface area contributed by atoms with Gasteiger partial charge in [0.25, 0.3) is 0 Å². The highest BCUT2D eigenvalue weighted by molar-refractivity contribution is 7.71. The Kier molecular flexibility index (Phi) is 3.40. The summed E-state index contributed by atoms with van der Waals surface area (Å²) in [6, 6.07) is 0. The van der Waals surface area contributed by atoms with Crippen molar-refractivity contribution in [2.75, 3.05) is 12.3 Å². The summed E-state index contributed by atoms with van der Waals surface area (Å²) in [6.07, 6.45) is -2.58. The number of aromatic amines is 1. The molecule has 0 amide bonds. The van der Waals surface area contributed by atoms with Crippen LogP contribution in [0.4, 0.5) is 5.95 Å². The fraction of sp³-hybridized carbons (Fsp3) is 0.556. The van der Waals surface area contributed by atoms with Crippen LogP contribution in [0.3, 0.4) is 0 Å². The zero-order chi connectivity index (χ0) is 12.6. The maximum atomic E-state index is 9.80. The Bertz CT molecular complexity index is 466. The molecule has 0 unspecified atom stereocenters. The van der Waals surface area contributed by atoms with Crippen molar-refractivity contribution in [1.29, 1.82) is 0 Å². The summed E-state index contributed by atoms with van der Waals surface area (Å²) in [7, 11) is 0. The molecule has 1 fully saturated rings. The van der Waals surface area contributed by atoms with Crippen molar-refractivity contribution < 1.29 is 20.1 Å². The molecule has 8 heteroatoms. The minimum atomic E-state index is -1.16. The summed E-state index contributed by atoms with van der Waals surface area (Å²) < 4.78 is 5.61. The molecule has 0 radical (unpaired) electrons. The number of ether oxygens (including phenoxy) is 1. The van der Waals surface area contributed by atoms with E-state index in [1.807, 2.05) is 0 Å². The van der Waals surface area contributed by atoms with Crippen LogP contribution in [0.25, 0.3) is 0 Å². The Morgan fingerprint density at radius 3 is 2.71 bits per heavy atom. The summed E-state index contributed by atoms with van der Waals surface area (Å²) in [6.45, 7) is -0.381. The zero-order valence-electron chi connectivity index (χ0n) is 8.78. The van der Waals surface area contributed by atoms with Crippen LogP contribution >= 0.6 is 12.2 Å².